The number of hydrogen-bond donors (Lipinski definition) is 3. The molecule has 4 fully saturated rings. The fraction of sp³-hybridized carbons (Fsp3) is 0.767. The maximum absolute atomic E-state index is 13.4. The van der Waals surface area contributed by atoms with Gasteiger partial charge < -0.3 is 15.5 Å². The molecule has 5 heteroatoms. The van der Waals surface area contributed by atoms with Crippen LogP contribution in [-0.4, -0.2) is 28.3 Å². The van der Waals surface area contributed by atoms with Gasteiger partial charge in [-0.3, -0.25) is 4.79 Å². The van der Waals surface area contributed by atoms with Crippen LogP contribution < -0.4 is 5.32 Å². The molecular weight excluding hydrogens is 441 g/mol. The third-order valence-corrected chi connectivity index (χ3v) is 11.4. The number of anilines is 1. The summed E-state index contributed by atoms with van der Waals surface area (Å²) >= 11 is 0. The molecule has 4 aliphatic carbocycles. The second-order valence-electron chi connectivity index (χ2n) is 13.0. The first-order valence-corrected chi connectivity index (χ1v) is 14.0. The van der Waals surface area contributed by atoms with E-state index in [9.17, 15) is 19.4 Å². The van der Waals surface area contributed by atoms with Crippen LogP contribution >= 0.6 is 0 Å². The molecule has 1 unspecified atom stereocenters. The van der Waals surface area contributed by atoms with Crippen LogP contribution in [0.15, 0.2) is 24.3 Å². The number of amides is 1. The Kier molecular flexibility index (Phi) is 6.80. The fourth-order valence-corrected chi connectivity index (χ4v) is 9.53. The van der Waals surface area contributed by atoms with E-state index in [1.807, 2.05) is 0 Å². The largest absolute Gasteiger partial charge is 0.393 e. The zero-order valence-corrected chi connectivity index (χ0v) is 21.7. The predicted molar refractivity (Wildman–Crippen MR) is 136 cm³/mol. The van der Waals surface area contributed by atoms with Crippen LogP contribution in [0, 0.1) is 52.2 Å². The summed E-state index contributed by atoms with van der Waals surface area (Å²) in [5.74, 6) is 2.55. The summed E-state index contributed by atoms with van der Waals surface area (Å²) in [7, 11) is 0. The van der Waals surface area contributed by atoms with Crippen LogP contribution in [0.3, 0.4) is 0 Å². The van der Waals surface area contributed by atoms with E-state index < -0.39 is 0 Å². The topological polar surface area (TPSA) is 69.6 Å². The van der Waals surface area contributed by atoms with Crippen molar-refractivity contribution in [3.8, 4) is 0 Å². The number of halogens is 1. The van der Waals surface area contributed by atoms with Crippen molar-refractivity contribution in [3.05, 3.63) is 30.1 Å². The van der Waals surface area contributed by atoms with Gasteiger partial charge in [0, 0.05) is 12.1 Å². The SMILES string of the molecule is C[C@H](CCC(=O)Nc1cccc(F)c1)[C@H]1CC[C@H]2C3[C@@H](O)C[C@@H]4C[C@H](O)CC[C@]4(C)[C@H]3CC[C@]12C. The monoisotopic (exact) mass is 485 g/mol. The third-order valence-electron chi connectivity index (χ3n) is 11.4. The molecule has 35 heavy (non-hydrogen) atoms. The van der Waals surface area contributed by atoms with Crippen molar-refractivity contribution in [2.24, 2.45) is 46.3 Å². The number of rotatable bonds is 5. The molecule has 0 spiro atoms. The van der Waals surface area contributed by atoms with Gasteiger partial charge in [0.15, 0.2) is 0 Å². The molecule has 0 bridgehead atoms. The number of benzene rings is 1. The quantitative estimate of drug-likeness (QED) is 0.467. The summed E-state index contributed by atoms with van der Waals surface area (Å²) in [5.41, 5.74) is 0.989. The van der Waals surface area contributed by atoms with Crippen LogP contribution in [0.5, 0.6) is 0 Å². The van der Waals surface area contributed by atoms with Gasteiger partial charge in [-0.05, 0) is 122 Å². The highest BCUT2D eigenvalue weighted by molar-refractivity contribution is 5.90. The Labute approximate surface area is 210 Å². The van der Waals surface area contributed by atoms with E-state index >= 15 is 0 Å². The number of aliphatic hydroxyl groups excluding tert-OH is 2. The zero-order chi connectivity index (χ0) is 25.0. The highest BCUT2D eigenvalue weighted by atomic mass is 19.1. The minimum Gasteiger partial charge on any atom is -0.393 e. The Morgan fingerprint density at radius 2 is 1.83 bits per heavy atom. The summed E-state index contributed by atoms with van der Waals surface area (Å²) < 4.78 is 13.4. The van der Waals surface area contributed by atoms with E-state index in [1.165, 1.54) is 37.8 Å². The maximum Gasteiger partial charge on any atom is 0.224 e. The Balaban J connectivity index is 1.24. The lowest BCUT2D eigenvalue weighted by Crippen LogP contribution is -2.58. The zero-order valence-electron chi connectivity index (χ0n) is 21.7. The summed E-state index contributed by atoms with van der Waals surface area (Å²) in [6.07, 6.45) is 9.31. The normalized spacial score (nSPS) is 43.5. The fourth-order valence-electron chi connectivity index (χ4n) is 9.53. The van der Waals surface area contributed by atoms with Gasteiger partial charge in [0.25, 0.3) is 0 Å². The lowest BCUT2D eigenvalue weighted by Gasteiger charge is -2.62. The molecule has 0 aliphatic heterocycles. The van der Waals surface area contributed by atoms with E-state index in [2.05, 4.69) is 26.1 Å². The van der Waals surface area contributed by atoms with Gasteiger partial charge in [-0.2, -0.15) is 0 Å². The molecule has 10 atom stereocenters. The first kappa shape index (κ1) is 25.2. The molecule has 194 valence electrons. The Morgan fingerprint density at radius 3 is 2.60 bits per heavy atom. The number of hydrogen-bond acceptors (Lipinski definition) is 3. The number of fused-ring (bicyclic) bond motifs is 5. The molecule has 0 saturated heterocycles. The van der Waals surface area contributed by atoms with Crippen molar-refractivity contribution >= 4 is 11.6 Å². The van der Waals surface area contributed by atoms with Gasteiger partial charge in [0.2, 0.25) is 5.91 Å². The molecule has 0 heterocycles. The molecule has 0 aromatic heterocycles. The van der Waals surface area contributed by atoms with Gasteiger partial charge in [-0.25, -0.2) is 4.39 Å². The van der Waals surface area contributed by atoms with Crippen LogP contribution in [0.25, 0.3) is 0 Å². The smallest absolute Gasteiger partial charge is 0.224 e. The average molecular weight is 486 g/mol. The predicted octanol–water partition coefficient (Wildman–Crippen LogP) is 6.17. The third kappa shape index (κ3) is 4.45. The van der Waals surface area contributed by atoms with E-state index in [4.69, 9.17) is 0 Å². The summed E-state index contributed by atoms with van der Waals surface area (Å²) in [5, 5.41) is 24.5. The second kappa shape index (κ2) is 9.45. The van der Waals surface area contributed by atoms with Crippen molar-refractivity contribution in [3.63, 3.8) is 0 Å². The van der Waals surface area contributed by atoms with Crippen LogP contribution in [0.2, 0.25) is 0 Å². The van der Waals surface area contributed by atoms with Crippen molar-refractivity contribution in [2.75, 3.05) is 5.32 Å². The first-order valence-electron chi connectivity index (χ1n) is 14.0. The second-order valence-corrected chi connectivity index (χ2v) is 13.0. The van der Waals surface area contributed by atoms with E-state index in [0.29, 0.717) is 47.6 Å². The van der Waals surface area contributed by atoms with Crippen molar-refractivity contribution in [1.82, 2.24) is 0 Å². The summed E-state index contributed by atoms with van der Waals surface area (Å²) in [6, 6.07) is 6.07. The molecule has 4 nitrogen and oxygen atoms in total. The standard InChI is InChI=1S/C30H44FNO3/c1-18(7-10-27(35)32-21-6-4-5-20(31)17-21)23-8-9-24-28-25(12-14-30(23,24)3)29(2)13-11-22(33)15-19(29)16-26(28)34/h4-6,17-19,22-26,28,33-34H,7-16H2,1-3H3,(H,32,35)/t18-,19+,22-,23-,24+,25+,26+,28?,29+,30-/m1/s1. The Bertz CT molecular complexity index is 938. The molecule has 4 aliphatic rings. The van der Waals surface area contributed by atoms with Gasteiger partial charge in [0.05, 0.1) is 12.2 Å². The molecule has 4 saturated carbocycles. The highest BCUT2D eigenvalue weighted by Crippen LogP contribution is 2.68. The summed E-state index contributed by atoms with van der Waals surface area (Å²) in [4.78, 5) is 12.5. The van der Waals surface area contributed by atoms with E-state index in [-0.39, 0.29) is 34.8 Å². The van der Waals surface area contributed by atoms with Crippen molar-refractivity contribution < 1.29 is 19.4 Å². The van der Waals surface area contributed by atoms with Gasteiger partial charge in [0.1, 0.15) is 5.82 Å². The number of carbonyl (C=O) groups excluding carboxylic acids is 1. The van der Waals surface area contributed by atoms with Crippen LogP contribution in [0.1, 0.15) is 85.0 Å². The number of aliphatic hydroxyl groups is 2. The minimum absolute atomic E-state index is 0.0491. The van der Waals surface area contributed by atoms with Gasteiger partial charge in [-0.15, -0.1) is 0 Å². The van der Waals surface area contributed by atoms with Gasteiger partial charge >= 0.3 is 0 Å². The van der Waals surface area contributed by atoms with Crippen molar-refractivity contribution in [2.45, 2.75) is 97.2 Å². The Hall–Kier alpha value is -1.46. The molecular formula is C30H44FNO3. The maximum atomic E-state index is 13.4. The molecule has 5 rings (SSSR count). The Morgan fingerprint density at radius 1 is 1.09 bits per heavy atom. The van der Waals surface area contributed by atoms with E-state index in [0.717, 1.165) is 32.1 Å². The van der Waals surface area contributed by atoms with Crippen LogP contribution in [-0.2, 0) is 4.79 Å². The van der Waals surface area contributed by atoms with Crippen LogP contribution in [0.4, 0.5) is 10.1 Å². The van der Waals surface area contributed by atoms with Gasteiger partial charge in [-0.1, -0.05) is 26.8 Å². The molecule has 0 radical (unpaired) electrons. The molecule has 1 aromatic carbocycles. The lowest BCUT2D eigenvalue weighted by atomic mass is 9.43. The van der Waals surface area contributed by atoms with E-state index in [1.54, 1.807) is 12.1 Å². The highest BCUT2D eigenvalue weighted by Gasteiger charge is 2.62. The lowest BCUT2D eigenvalue weighted by molar-refractivity contribution is -0.174. The van der Waals surface area contributed by atoms with Crippen molar-refractivity contribution in [1.29, 1.82) is 0 Å². The molecule has 1 amide bonds. The number of nitrogens with one attached hydrogen (secondary N) is 1. The number of carbonyl (C=O) groups is 1. The molecule has 1 aromatic rings. The summed E-state index contributed by atoms with van der Waals surface area (Å²) in [6.45, 7) is 7.24. The first-order chi connectivity index (χ1) is 16.6. The average Bonchev–Trinajstić information content (AvgIpc) is 3.16. The minimum atomic E-state index is -0.342. The molecule has 3 N–H and O–H groups in total.